The van der Waals surface area contributed by atoms with Gasteiger partial charge in [-0.05, 0) is 75.5 Å². The van der Waals surface area contributed by atoms with Gasteiger partial charge in [0.05, 0.1) is 10.6 Å². The summed E-state index contributed by atoms with van der Waals surface area (Å²) in [5.41, 5.74) is 6.95. The van der Waals surface area contributed by atoms with Crippen LogP contribution in [0.1, 0.15) is 11.3 Å². The van der Waals surface area contributed by atoms with Crippen LogP contribution in [0.15, 0.2) is 24.3 Å². The molecule has 0 saturated heterocycles. The summed E-state index contributed by atoms with van der Waals surface area (Å²) >= 11 is 0. The minimum atomic E-state index is -0.687. The molecule has 1 aromatic heterocycles. The number of nitriles is 1. The third-order valence-electron chi connectivity index (χ3n) is 4.16. The average Bonchev–Trinajstić information content (AvgIpc) is 3.44. The standard InChI is InChI=1S/C17H11N4O3.C5H5.Fe/c18-9-13-12(11-5-6-16(22)15(7-11)21(23)24)8-14(20-17(13)19)10-3-1-2-4-10;1-2-4-5-3-1;/h1-8,22H,(H2,19,20);1-5H;/q;;+2. The van der Waals surface area contributed by atoms with Crippen molar-refractivity contribution in [3.05, 3.63) is 109 Å². The zero-order valence-corrected chi connectivity index (χ0v) is 16.6. The van der Waals surface area contributed by atoms with Crippen LogP contribution < -0.4 is 5.73 Å². The number of nitro groups is 1. The number of nitrogens with two attached hydrogens (primary N) is 1. The molecule has 2 saturated carbocycles. The largest absolute Gasteiger partial charge is 2.00 e. The van der Waals surface area contributed by atoms with Gasteiger partial charge >= 0.3 is 22.8 Å². The zero-order chi connectivity index (χ0) is 20.8. The van der Waals surface area contributed by atoms with Gasteiger partial charge in [-0.3, -0.25) is 10.1 Å². The fourth-order valence-electron chi connectivity index (χ4n) is 2.76. The van der Waals surface area contributed by atoms with Crippen LogP contribution in [0.5, 0.6) is 5.75 Å². The zero-order valence-electron chi connectivity index (χ0n) is 15.5. The molecule has 0 amide bonds. The Bertz CT molecular complexity index is 925. The predicted octanol–water partition coefficient (Wildman–Crippen LogP) is 3.59. The van der Waals surface area contributed by atoms with Gasteiger partial charge in [0, 0.05) is 17.5 Å². The molecule has 2 aliphatic rings. The number of aromatic hydroxyl groups is 1. The van der Waals surface area contributed by atoms with E-state index in [-0.39, 0.29) is 28.4 Å². The van der Waals surface area contributed by atoms with Crippen LogP contribution in [-0.2, 0) is 17.1 Å². The molecule has 30 heavy (non-hydrogen) atoms. The van der Waals surface area contributed by atoms with Gasteiger partial charge in [0.1, 0.15) is 17.5 Å². The van der Waals surface area contributed by atoms with E-state index in [0.29, 0.717) is 16.8 Å². The van der Waals surface area contributed by atoms with Gasteiger partial charge in [0.25, 0.3) is 0 Å². The average molecular weight is 440 g/mol. The van der Waals surface area contributed by atoms with E-state index in [2.05, 4.69) is 4.98 Å². The number of nitrogen functional groups attached to an aromatic ring is 1. The molecule has 1 aromatic carbocycles. The second-order valence-electron chi connectivity index (χ2n) is 6.02. The number of pyridine rings is 1. The van der Waals surface area contributed by atoms with Crippen LogP contribution in [0.4, 0.5) is 11.5 Å². The quantitative estimate of drug-likeness (QED) is 0.427. The third-order valence-corrected chi connectivity index (χ3v) is 4.16. The molecular weight excluding hydrogens is 424 g/mol. The van der Waals surface area contributed by atoms with Gasteiger partial charge < -0.3 is 10.8 Å². The first-order chi connectivity index (χ1) is 14.0. The van der Waals surface area contributed by atoms with Crippen molar-refractivity contribution in [3.8, 4) is 22.9 Å². The molecule has 2 aromatic rings. The minimum absolute atomic E-state index is 0. The second-order valence-corrected chi connectivity index (χ2v) is 6.02. The minimum Gasteiger partial charge on any atom is -0.502 e. The van der Waals surface area contributed by atoms with Gasteiger partial charge in [0.15, 0.2) is 5.75 Å². The first-order valence-electron chi connectivity index (χ1n) is 8.58. The number of nitro benzene ring substituents is 1. The number of phenols is 1. The molecule has 0 atom stereocenters. The number of phenolic OH excluding ortho intramolecular Hbond substituents is 1. The van der Waals surface area contributed by atoms with Crippen molar-refractivity contribution in [1.82, 2.24) is 4.98 Å². The molecule has 3 N–H and O–H groups in total. The first-order valence-corrected chi connectivity index (χ1v) is 8.58. The van der Waals surface area contributed by atoms with Gasteiger partial charge in [-0.25, -0.2) is 4.98 Å². The Hall–Kier alpha value is -2.62. The summed E-state index contributed by atoms with van der Waals surface area (Å²) in [4.78, 5) is 14.6. The van der Waals surface area contributed by atoms with Crippen LogP contribution in [0.2, 0.25) is 0 Å². The molecular formula is C22H16FeN4O3+2. The molecule has 0 spiro atoms. The molecule has 0 unspecified atom stereocenters. The van der Waals surface area contributed by atoms with Crippen molar-refractivity contribution in [1.29, 1.82) is 5.26 Å². The first kappa shape index (κ1) is 23.7. The van der Waals surface area contributed by atoms with E-state index in [1.807, 2.05) is 63.9 Å². The maximum absolute atomic E-state index is 11.0. The fourth-order valence-corrected chi connectivity index (χ4v) is 2.76. The molecule has 2 fully saturated rings. The molecule has 0 aliphatic heterocycles. The molecule has 2 aliphatic carbocycles. The van der Waals surface area contributed by atoms with E-state index in [9.17, 15) is 20.5 Å². The van der Waals surface area contributed by atoms with Crippen LogP contribution in [-0.4, -0.2) is 15.0 Å². The smallest absolute Gasteiger partial charge is 0.502 e. The van der Waals surface area contributed by atoms with Crippen LogP contribution >= 0.6 is 0 Å². The molecule has 148 valence electrons. The summed E-state index contributed by atoms with van der Waals surface area (Å²) in [5, 5.41) is 30.0. The topological polar surface area (TPSA) is 126 Å². The van der Waals surface area contributed by atoms with Gasteiger partial charge in [-0.1, -0.05) is 6.07 Å². The van der Waals surface area contributed by atoms with E-state index in [1.165, 1.54) is 18.2 Å². The van der Waals surface area contributed by atoms with Gasteiger partial charge in [-0.2, -0.15) is 5.26 Å². The van der Waals surface area contributed by atoms with Crippen molar-refractivity contribution >= 4 is 11.5 Å². The Balaban J connectivity index is 0.000000468. The van der Waals surface area contributed by atoms with E-state index in [0.717, 1.165) is 5.92 Å². The number of rotatable bonds is 3. The second kappa shape index (κ2) is 11.0. The normalized spacial score (nSPS) is 15.6. The van der Waals surface area contributed by atoms with Gasteiger partial charge in [0.2, 0.25) is 0 Å². The van der Waals surface area contributed by atoms with E-state index in [1.54, 1.807) is 6.07 Å². The van der Waals surface area contributed by atoms with Crippen molar-refractivity contribution in [2.75, 3.05) is 5.73 Å². The number of hydrogen-bond acceptors (Lipinski definition) is 6. The monoisotopic (exact) mass is 440 g/mol. The summed E-state index contributed by atoms with van der Waals surface area (Å²) in [7, 11) is 0. The third kappa shape index (κ3) is 5.50. The summed E-state index contributed by atoms with van der Waals surface area (Å²) in [6.45, 7) is 0. The van der Waals surface area contributed by atoms with E-state index in [4.69, 9.17) is 5.73 Å². The summed E-state index contributed by atoms with van der Waals surface area (Å²) < 4.78 is 0. The van der Waals surface area contributed by atoms with Crippen LogP contribution in [0.25, 0.3) is 11.1 Å². The van der Waals surface area contributed by atoms with Crippen molar-refractivity contribution < 1.29 is 27.1 Å². The van der Waals surface area contributed by atoms with Crippen molar-refractivity contribution in [2.45, 2.75) is 0 Å². The van der Waals surface area contributed by atoms with Crippen LogP contribution in [0, 0.1) is 85.2 Å². The maximum atomic E-state index is 11.0. The van der Waals surface area contributed by atoms with Crippen molar-refractivity contribution in [2.24, 2.45) is 0 Å². The maximum Gasteiger partial charge on any atom is 2.00 e. The van der Waals surface area contributed by atoms with E-state index >= 15 is 0 Å². The fraction of sp³-hybridized carbons (Fsp3) is 0. The number of anilines is 1. The SMILES string of the molecule is N#Cc1c(-c2ccc(O)c([N+](=O)[O-])c2)cc([C]2[CH][CH][CH][CH]2)nc1N.[CH]1[CH][CH][CH][CH]1.[Fe+2]. The Labute approximate surface area is 186 Å². The number of aromatic nitrogens is 1. The number of nitrogens with zero attached hydrogens (tertiary/aromatic N) is 3. The molecule has 0 bridgehead atoms. The molecule has 10 radical (unpaired) electrons. The van der Waals surface area contributed by atoms with Crippen LogP contribution in [0.3, 0.4) is 0 Å². The molecule has 8 heteroatoms. The van der Waals surface area contributed by atoms with Gasteiger partial charge in [-0.15, -0.1) is 0 Å². The Morgan fingerprint density at radius 2 is 1.63 bits per heavy atom. The Kier molecular flexibility index (Phi) is 8.64. The summed E-state index contributed by atoms with van der Waals surface area (Å²) in [6, 6.07) is 7.55. The van der Waals surface area contributed by atoms with E-state index < -0.39 is 16.4 Å². The Morgan fingerprint density at radius 1 is 1.03 bits per heavy atom. The van der Waals surface area contributed by atoms with Crippen molar-refractivity contribution in [3.63, 3.8) is 0 Å². The molecule has 4 rings (SSSR count). The predicted molar refractivity (Wildman–Crippen MR) is 108 cm³/mol. The summed E-state index contributed by atoms with van der Waals surface area (Å²) in [5.74, 6) is 0.420. The molecule has 7 nitrogen and oxygen atoms in total. The number of hydrogen-bond donors (Lipinski definition) is 2. The summed E-state index contributed by atoms with van der Waals surface area (Å²) in [6.07, 6.45) is 17.4. The molecule has 1 heterocycles. The Morgan fingerprint density at radius 3 is 2.17 bits per heavy atom. The number of benzene rings is 1.